The number of methoxy groups -OCH3 is 1. The Kier molecular flexibility index (Phi) is 12.6. The minimum Gasteiger partial charge on any atom is -0.494 e. The van der Waals surface area contributed by atoms with E-state index in [9.17, 15) is 18.9 Å². The van der Waals surface area contributed by atoms with Crippen LogP contribution in [-0.2, 0) is 27.1 Å². The van der Waals surface area contributed by atoms with Crippen LogP contribution in [0.1, 0.15) is 54.1 Å². The summed E-state index contributed by atoms with van der Waals surface area (Å²) in [6, 6.07) is 23.3. The molecule has 15 nitrogen and oxygen atoms in total. The first-order valence-corrected chi connectivity index (χ1v) is 25.3. The highest BCUT2D eigenvalue weighted by molar-refractivity contribution is 7.70. The van der Waals surface area contributed by atoms with E-state index in [2.05, 4.69) is 60.8 Å². The fourth-order valence-electron chi connectivity index (χ4n) is 9.63. The highest BCUT2D eigenvalue weighted by Crippen LogP contribution is 2.40. The number of anilines is 6. The molecule has 0 saturated carbocycles. The van der Waals surface area contributed by atoms with E-state index < -0.39 is 19.1 Å². The van der Waals surface area contributed by atoms with Crippen LogP contribution in [0.3, 0.4) is 0 Å². The molecule has 6 heterocycles. The second-order valence-electron chi connectivity index (χ2n) is 17.4. The van der Waals surface area contributed by atoms with Crippen molar-refractivity contribution in [3.05, 3.63) is 101 Å². The van der Waals surface area contributed by atoms with E-state index >= 15 is 0 Å². The molecule has 3 saturated heterocycles. The number of ether oxygens (including phenoxy) is 1. The van der Waals surface area contributed by atoms with Crippen molar-refractivity contribution in [2.45, 2.75) is 57.7 Å². The van der Waals surface area contributed by atoms with Gasteiger partial charge in [-0.1, -0.05) is 48.9 Å². The Morgan fingerprint density at radius 2 is 1.60 bits per heavy atom. The van der Waals surface area contributed by atoms with Gasteiger partial charge in [-0.2, -0.15) is 4.98 Å². The molecule has 3 amide bonds. The minimum absolute atomic E-state index is 0.189. The highest BCUT2D eigenvalue weighted by atomic mass is 35.5. The van der Waals surface area contributed by atoms with Gasteiger partial charge in [-0.05, 0) is 86.5 Å². The zero-order valence-corrected chi connectivity index (χ0v) is 38.8. The van der Waals surface area contributed by atoms with Crippen molar-refractivity contribution < 1.29 is 23.7 Å². The van der Waals surface area contributed by atoms with Gasteiger partial charge in [-0.25, -0.2) is 9.97 Å². The van der Waals surface area contributed by atoms with E-state index in [1.807, 2.05) is 54.6 Å². The molecule has 338 valence electrons. The number of para-hydroxylation sites is 1. The van der Waals surface area contributed by atoms with Crippen LogP contribution in [0.4, 0.5) is 34.6 Å². The molecule has 3 aromatic carbocycles. The molecule has 4 aliphatic heterocycles. The Morgan fingerprint density at radius 3 is 2.34 bits per heavy atom. The standard InChI is InChI=1S/C48H54ClN10O5P/c1-5-30-26-38(53-48-50-28-35(49)45(55-48)52-37-12-6-7-14-42(37)65(3,4)63)41(64-2)27-40(30)57-20-18-31(19-21-57)56-22-24-58(25-23-56)43-15-9-13-36(51-43)32-10-8-11-33-34(32)29-59(47(33)62)39-16-17-44(60)54-46(39)61/h6-15,26-28,31,39H,5,16-25,29H2,1-4H3,(H,54,60,61)(H2,50,52,53,55). The van der Waals surface area contributed by atoms with Crippen molar-refractivity contribution in [1.82, 2.24) is 30.1 Å². The van der Waals surface area contributed by atoms with Gasteiger partial charge in [0.15, 0.2) is 5.82 Å². The van der Waals surface area contributed by atoms with Gasteiger partial charge in [0.2, 0.25) is 17.8 Å². The Hall–Kier alpha value is -6.02. The summed E-state index contributed by atoms with van der Waals surface area (Å²) in [6.45, 7) is 11.4. The third kappa shape index (κ3) is 9.14. The van der Waals surface area contributed by atoms with E-state index in [-0.39, 0.29) is 18.2 Å². The minimum atomic E-state index is -2.57. The smallest absolute Gasteiger partial charge is 0.255 e. The number of carbonyl (C=O) groups is 3. The Balaban J connectivity index is 0.821. The number of hydrogen-bond donors (Lipinski definition) is 3. The molecule has 0 spiro atoms. The monoisotopic (exact) mass is 916 g/mol. The molecule has 0 bridgehead atoms. The summed E-state index contributed by atoms with van der Waals surface area (Å²) in [5.74, 6) is 1.44. The lowest BCUT2D eigenvalue weighted by Gasteiger charge is -2.44. The van der Waals surface area contributed by atoms with E-state index in [4.69, 9.17) is 26.3 Å². The lowest BCUT2D eigenvalue weighted by molar-refractivity contribution is -0.136. The van der Waals surface area contributed by atoms with Crippen molar-refractivity contribution in [2.75, 3.05) is 80.1 Å². The summed E-state index contributed by atoms with van der Waals surface area (Å²) >= 11 is 6.54. The molecular formula is C48H54ClN10O5P. The third-order valence-electron chi connectivity index (χ3n) is 13.1. The molecule has 17 heteroatoms. The second-order valence-corrected chi connectivity index (χ2v) is 21.0. The lowest BCUT2D eigenvalue weighted by atomic mass is 9.99. The van der Waals surface area contributed by atoms with E-state index in [0.717, 1.165) is 86.9 Å². The average Bonchev–Trinajstić information content (AvgIpc) is 3.65. The maximum atomic E-state index is 13.5. The van der Waals surface area contributed by atoms with Crippen LogP contribution in [0.15, 0.2) is 79.0 Å². The SMILES string of the molecule is CCc1cc(Nc2ncc(Cl)c(Nc3ccccc3P(C)(C)=O)n2)c(OC)cc1N1CCC(N2CCN(c3cccc(-c4cccc5c4CN(C4CCC(=O)NC4=O)C5=O)n3)CC2)CC1. The maximum absolute atomic E-state index is 13.5. The number of nitrogens with zero attached hydrogens (tertiary/aromatic N) is 7. The normalized spacial score (nSPS) is 18.4. The number of pyridine rings is 1. The number of hydrogen-bond acceptors (Lipinski definition) is 13. The van der Waals surface area contributed by atoms with Crippen LogP contribution in [-0.4, -0.2) is 114 Å². The van der Waals surface area contributed by atoms with Crippen molar-refractivity contribution >= 4 is 76.4 Å². The Bertz CT molecular complexity index is 2700. The third-order valence-corrected chi connectivity index (χ3v) is 14.9. The van der Waals surface area contributed by atoms with Gasteiger partial charge >= 0.3 is 0 Å². The van der Waals surface area contributed by atoms with Gasteiger partial charge in [-0.3, -0.25) is 24.6 Å². The number of aryl methyl sites for hydroxylation is 1. The fraction of sp³-hybridized carbons (Fsp3) is 0.375. The van der Waals surface area contributed by atoms with Crippen molar-refractivity contribution in [1.29, 1.82) is 0 Å². The van der Waals surface area contributed by atoms with Gasteiger partial charge in [-0.15, -0.1) is 0 Å². The highest BCUT2D eigenvalue weighted by Gasteiger charge is 2.40. The first-order valence-electron chi connectivity index (χ1n) is 22.3. The number of rotatable bonds is 12. The molecule has 4 aliphatic rings. The van der Waals surface area contributed by atoms with Crippen molar-refractivity contribution in [3.63, 3.8) is 0 Å². The molecule has 9 rings (SSSR count). The molecule has 65 heavy (non-hydrogen) atoms. The lowest BCUT2D eigenvalue weighted by Crippen LogP contribution is -2.53. The number of fused-ring (bicyclic) bond motifs is 1. The van der Waals surface area contributed by atoms with Gasteiger partial charge in [0.25, 0.3) is 5.91 Å². The van der Waals surface area contributed by atoms with E-state index in [1.165, 1.54) is 11.3 Å². The van der Waals surface area contributed by atoms with E-state index in [1.54, 1.807) is 31.5 Å². The predicted molar refractivity (Wildman–Crippen MR) is 256 cm³/mol. The van der Waals surface area contributed by atoms with Gasteiger partial charge in [0.05, 0.1) is 30.4 Å². The molecule has 1 atom stereocenters. The van der Waals surface area contributed by atoms with Crippen LogP contribution in [0.5, 0.6) is 5.75 Å². The number of nitrogens with one attached hydrogen (secondary N) is 3. The number of halogens is 1. The van der Waals surface area contributed by atoms with Gasteiger partial charge in [0, 0.05) is 86.5 Å². The van der Waals surface area contributed by atoms with Gasteiger partial charge in [0.1, 0.15) is 29.8 Å². The van der Waals surface area contributed by atoms with Crippen LogP contribution < -0.4 is 35.8 Å². The number of piperazine rings is 1. The molecule has 1 unspecified atom stereocenters. The number of aromatic nitrogens is 3. The zero-order chi connectivity index (χ0) is 45.4. The van der Waals surface area contributed by atoms with E-state index in [0.29, 0.717) is 58.1 Å². The summed E-state index contributed by atoms with van der Waals surface area (Å²) < 4.78 is 18.9. The summed E-state index contributed by atoms with van der Waals surface area (Å²) in [4.78, 5) is 61.2. The number of carbonyl (C=O) groups excluding carboxylic acids is 3. The number of amides is 3. The molecule has 3 N–H and O–H groups in total. The summed E-state index contributed by atoms with van der Waals surface area (Å²) in [6.07, 6.45) is 5.02. The summed E-state index contributed by atoms with van der Waals surface area (Å²) in [7, 11) is -0.896. The van der Waals surface area contributed by atoms with Crippen molar-refractivity contribution in [3.8, 4) is 17.0 Å². The fourth-order valence-corrected chi connectivity index (χ4v) is 10.9. The second kappa shape index (κ2) is 18.5. The van der Waals surface area contributed by atoms with Crippen LogP contribution in [0.25, 0.3) is 11.3 Å². The average molecular weight is 917 g/mol. The number of piperidine rings is 2. The first-order chi connectivity index (χ1) is 31.4. The maximum Gasteiger partial charge on any atom is 0.255 e. The first kappa shape index (κ1) is 44.2. The topological polar surface area (TPSA) is 165 Å². The van der Waals surface area contributed by atoms with Gasteiger partial charge < -0.3 is 34.6 Å². The van der Waals surface area contributed by atoms with Crippen molar-refractivity contribution in [2.24, 2.45) is 0 Å². The molecular weight excluding hydrogens is 863 g/mol. The van der Waals surface area contributed by atoms with Crippen LogP contribution >= 0.6 is 18.7 Å². The predicted octanol–water partition coefficient (Wildman–Crippen LogP) is 7.05. The molecule has 0 aliphatic carbocycles. The summed E-state index contributed by atoms with van der Waals surface area (Å²) in [5.41, 5.74) is 6.92. The molecule has 0 radical (unpaired) electrons. The molecule has 2 aromatic heterocycles. The molecule has 3 fully saturated rings. The number of benzene rings is 3. The number of imide groups is 1. The van der Waals surface area contributed by atoms with Crippen LogP contribution in [0, 0.1) is 0 Å². The quantitative estimate of drug-likeness (QED) is 0.0863. The summed E-state index contributed by atoms with van der Waals surface area (Å²) in [5, 5.41) is 10.1. The largest absolute Gasteiger partial charge is 0.494 e. The molecule has 5 aromatic rings. The Labute approximate surface area is 384 Å². The van der Waals surface area contributed by atoms with Crippen LogP contribution in [0.2, 0.25) is 5.02 Å². The zero-order valence-electron chi connectivity index (χ0n) is 37.1. The Morgan fingerprint density at radius 1 is 0.846 bits per heavy atom.